The molecule has 164 valence electrons. The molecule has 0 heterocycles. The van der Waals surface area contributed by atoms with E-state index in [1.807, 2.05) is 5.32 Å². The normalized spacial score (nSPS) is 15.7. The van der Waals surface area contributed by atoms with Gasteiger partial charge >= 0.3 is 11.9 Å². The number of hydrogen-bond acceptors (Lipinski definition) is 8. The number of aliphatic carboxylic acids is 2. The molecular weight excluding hydrogens is 394 g/mol. The number of carboxylic acids is 2. The van der Waals surface area contributed by atoms with Crippen LogP contribution in [-0.2, 0) is 28.8 Å². The first-order valence-electron chi connectivity index (χ1n) is 8.33. The quantitative estimate of drug-likeness (QED) is 0.151. The van der Waals surface area contributed by atoms with E-state index in [1.54, 1.807) is 0 Å². The minimum Gasteiger partial charge on any atom is -0.481 e. The van der Waals surface area contributed by atoms with Crippen LogP contribution in [0.15, 0.2) is 0 Å². The second kappa shape index (κ2) is 11.6. The number of nitrogens with two attached hydrogens (primary N) is 2. The molecule has 5 unspecified atom stereocenters. The fraction of sp³-hybridized carbons (Fsp3) is 0.600. The van der Waals surface area contributed by atoms with E-state index in [4.69, 9.17) is 21.7 Å². The molecule has 0 bridgehead atoms. The Morgan fingerprint density at radius 3 is 1.83 bits per heavy atom. The van der Waals surface area contributed by atoms with Gasteiger partial charge in [-0.05, 0) is 13.8 Å². The molecule has 0 aromatic rings. The first-order valence-corrected chi connectivity index (χ1v) is 8.33. The van der Waals surface area contributed by atoms with E-state index < -0.39 is 78.7 Å². The summed E-state index contributed by atoms with van der Waals surface area (Å²) in [6.45, 7) is 2.35. The van der Waals surface area contributed by atoms with Gasteiger partial charge in [0, 0.05) is 0 Å². The summed E-state index contributed by atoms with van der Waals surface area (Å²) < 4.78 is 0. The number of carboxylic acid groups (broad SMARTS) is 2. The van der Waals surface area contributed by atoms with Crippen molar-refractivity contribution in [1.82, 2.24) is 16.0 Å². The van der Waals surface area contributed by atoms with Gasteiger partial charge in [-0.1, -0.05) is 0 Å². The van der Waals surface area contributed by atoms with Crippen molar-refractivity contribution in [2.24, 2.45) is 11.5 Å². The summed E-state index contributed by atoms with van der Waals surface area (Å²) in [6.07, 6.45) is -2.82. The zero-order valence-corrected chi connectivity index (χ0v) is 15.7. The maximum atomic E-state index is 12.3. The molecule has 0 saturated heterocycles. The molecule has 0 aromatic carbocycles. The lowest BCUT2D eigenvalue weighted by Crippen LogP contribution is -2.59. The van der Waals surface area contributed by atoms with Crippen molar-refractivity contribution in [3.05, 3.63) is 0 Å². The van der Waals surface area contributed by atoms with Gasteiger partial charge in [0.2, 0.25) is 23.6 Å². The number of aliphatic hydroxyl groups excluding tert-OH is 1. The van der Waals surface area contributed by atoms with Crippen molar-refractivity contribution >= 4 is 35.6 Å². The van der Waals surface area contributed by atoms with Gasteiger partial charge in [-0.3, -0.25) is 24.0 Å². The summed E-state index contributed by atoms with van der Waals surface area (Å²) in [4.78, 5) is 68.6. The molecule has 0 aliphatic carbocycles. The smallest absolute Gasteiger partial charge is 0.326 e. The monoisotopic (exact) mass is 419 g/mol. The van der Waals surface area contributed by atoms with E-state index in [9.17, 15) is 33.9 Å². The highest BCUT2D eigenvalue weighted by atomic mass is 16.4. The van der Waals surface area contributed by atoms with Gasteiger partial charge in [0.1, 0.15) is 18.1 Å². The van der Waals surface area contributed by atoms with Crippen molar-refractivity contribution in [2.45, 2.75) is 57.0 Å². The minimum atomic E-state index is -1.61. The number of carbonyl (C=O) groups is 6. The van der Waals surface area contributed by atoms with Gasteiger partial charge in [0.15, 0.2) is 0 Å². The summed E-state index contributed by atoms with van der Waals surface area (Å²) in [5.41, 5.74) is 10.3. The molecule has 0 spiro atoms. The highest BCUT2D eigenvalue weighted by Crippen LogP contribution is 1.99. The van der Waals surface area contributed by atoms with Gasteiger partial charge < -0.3 is 42.7 Å². The summed E-state index contributed by atoms with van der Waals surface area (Å²) in [7, 11) is 0. The lowest BCUT2D eigenvalue weighted by Gasteiger charge is -2.24. The molecule has 10 N–H and O–H groups in total. The van der Waals surface area contributed by atoms with Crippen LogP contribution in [0, 0.1) is 0 Å². The molecule has 0 radical (unpaired) electrons. The number of aliphatic hydroxyl groups is 1. The summed E-state index contributed by atoms with van der Waals surface area (Å²) in [6, 6.07) is -5.98. The molecule has 0 saturated carbocycles. The third kappa shape index (κ3) is 9.48. The van der Waals surface area contributed by atoms with Crippen LogP contribution >= 0.6 is 0 Å². The van der Waals surface area contributed by atoms with Crippen LogP contribution < -0.4 is 27.4 Å². The third-order valence-electron chi connectivity index (χ3n) is 3.57. The van der Waals surface area contributed by atoms with Crippen molar-refractivity contribution in [3.8, 4) is 0 Å². The Kier molecular flexibility index (Phi) is 10.3. The molecule has 0 aliphatic heterocycles. The van der Waals surface area contributed by atoms with Gasteiger partial charge in [-0.25, -0.2) is 4.79 Å². The predicted molar refractivity (Wildman–Crippen MR) is 94.8 cm³/mol. The number of amides is 4. The van der Waals surface area contributed by atoms with Crippen molar-refractivity contribution < 1.29 is 44.1 Å². The second-order valence-electron chi connectivity index (χ2n) is 6.23. The molecule has 14 nitrogen and oxygen atoms in total. The third-order valence-corrected chi connectivity index (χ3v) is 3.57. The number of carbonyl (C=O) groups excluding carboxylic acids is 4. The lowest BCUT2D eigenvalue weighted by molar-refractivity contribution is -0.143. The molecular formula is C15H25N5O9. The van der Waals surface area contributed by atoms with Crippen molar-refractivity contribution in [1.29, 1.82) is 0 Å². The summed E-state index contributed by atoms with van der Waals surface area (Å²) in [5.74, 6) is -6.83. The Bertz CT molecular complexity index is 667. The van der Waals surface area contributed by atoms with Gasteiger partial charge in [0.25, 0.3) is 0 Å². The van der Waals surface area contributed by atoms with E-state index in [1.165, 1.54) is 6.92 Å². The largest absolute Gasteiger partial charge is 0.481 e. The van der Waals surface area contributed by atoms with E-state index in [2.05, 4.69) is 10.6 Å². The number of primary amides is 1. The van der Waals surface area contributed by atoms with Crippen LogP contribution in [0.1, 0.15) is 26.7 Å². The molecule has 29 heavy (non-hydrogen) atoms. The SMILES string of the molecule is CC(NC(=O)C(NC(=O)C(N)CC(=O)O)C(C)O)C(=O)NC(CC(N)=O)C(=O)O. The van der Waals surface area contributed by atoms with Gasteiger partial charge in [-0.2, -0.15) is 0 Å². The Morgan fingerprint density at radius 2 is 1.41 bits per heavy atom. The van der Waals surface area contributed by atoms with Crippen LogP contribution in [-0.4, -0.2) is 81.2 Å². The maximum Gasteiger partial charge on any atom is 0.326 e. The Labute approximate surface area is 165 Å². The van der Waals surface area contributed by atoms with Crippen LogP contribution in [0.3, 0.4) is 0 Å². The number of nitrogens with one attached hydrogen (secondary N) is 3. The molecule has 0 aromatic heterocycles. The van der Waals surface area contributed by atoms with E-state index >= 15 is 0 Å². The van der Waals surface area contributed by atoms with E-state index in [0.29, 0.717) is 0 Å². The van der Waals surface area contributed by atoms with Crippen LogP contribution in [0.5, 0.6) is 0 Å². The Morgan fingerprint density at radius 1 is 0.862 bits per heavy atom. The van der Waals surface area contributed by atoms with E-state index in [0.717, 1.165) is 6.92 Å². The zero-order chi connectivity index (χ0) is 22.9. The molecule has 5 atom stereocenters. The summed E-state index contributed by atoms with van der Waals surface area (Å²) in [5, 5.41) is 33.5. The molecule has 4 amide bonds. The van der Waals surface area contributed by atoms with Gasteiger partial charge in [-0.15, -0.1) is 0 Å². The van der Waals surface area contributed by atoms with Crippen molar-refractivity contribution in [3.63, 3.8) is 0 Å². The average molecular weight is 419 g/mol. The molecule has 0 aliphatic rings. The molecule has 0 rings (SSSR count). The number of hydrogen-bond donors (Lipinski definition) is 8. The minimum absolute atomic E-state index is 0.671. The molecule has 0 fully saturated rings. The number of rotatable bonds is 12. The lowest BCUT2D eigenvalue weighted by atomic mass is 10.1. The maximum absolute atomic E-state index is 12.3. The fourth-order valence-corrected chi connectivity index (χ4v) is 2.01. The van der Waals surface area contributed by atoms with Gasteiger partial charge in [0.05, 0.1) is 25.0 Å². The zero-order valence-electron chi connectivity index (χ0n) is 15.7. The van der Waals surface area contributed by atoms with E-state index in [-0.39, 0.29) is 0 Å². The first-order chi connectivity index (χ1) is 13.3. The second-order valence-corrected chi connectivity index (χ2v) is 6.23. The highest BCUT2D eigenvalue weighted by molar-refractivity contribution is 5.95. The topological polar surface area (TPSA) is 251 Å². The standard InChI is InChI=1S/C15H25N5O9/c1-5(12(25)19-8(15(28)29)4-9(17)22)18-14(27)11(6(2)21)20-13(26)7(16)3-10(23)24/h5-8,11,21H,3-4,16H2,1-2H3,(H2,17,22)(H,18,27)(H,19,25)(H,20,26)(H,23,24)(H,28,29). The van der Waals surface area contributed by atoms with Crippen LogP contribution in [0.25, 0.3) is 0 Å². The summed E-state index contributed by atoms with van der Waals surface area (Å²) >= 11 is 0. The van der Waals surface area contributed by atoms with Crippen LogP contribution in [0.2, 0.25) is 0 Å². The Hall–Kier alpha value is -3.26. The van der Waals surface area contributed by atoms with Crippen LogP contribution in [0.4, 0.5) is 0 Å². The van der Waals surface area contributed by atoms with Crippen molar-refractivity contribution in [2.75, 3.05) is 0 Å². The average Bonchev–Trinajstić information content (AvgIpc) is 2.56. The fourth-order valence-electron chi connectivity index (χ4n) is 2.01. The first kappa shape index (κ1) is 25.7. The predicted octanol–water partition coefficient (Wildman–Crippen LogP) is -4.40. The highest BCUT2D eigenvalue weighted by Gasteiger charge is 2.31. The molecule has 14 heteroatoms. The Balaban J connectivity index is 5.02.